The third kappa shape index (κ3) is 4.14. The van der Waals surface area contributed by atoms with Crippen molar-refractivity contribution in [3.8, 4) is 0 Å². The van der Waals surface area contributed by atoms with Gasteiger partial charge in [0.2, 0.25) is 5.78 Å². The molecule has 6 heteroatoms. The Morgan fingerprint density at radius 3 is 2.13 bits per heavy atom. The Bertz CT molecular complexity index is 1270. The summed E-state index contributed by atoms with van der Waals surface area (Å²) in [6, 6.07) is 17.0. The Hall–Kier alpha value is -2.57. The predicted octanol–water partition coefficient (Wildman–Crippen LogP) is 8.00. The first kappa shape index (κ1) is 21.7. The van der Waals surface area contributed by atoms with Crippen LogP contribution in [0.5, 0.6) is 0 Å². The molecule has 0 amide bonds. The number of benzene rings is 3. The fraction of sp³-hybridized carbons (Fsp3) is 0.160. The van der Waals surface area contributed by atoms with Gasteiger partial charge in [-0.05, 0) is 29.2 Å². The predicted molar refractivity (Wildman–Crippen MR) is 121 cm³/mol. The molecule has 0 saturated carbocycles. The van der Waals surface area contributed by atoms with Crippen LogP contribution in [0.15, 0.2) is 70.5 Å². The summed E-state index contributed by atoms with van der Waals surface area (Å²) < 4.78 is 44.7. The number of thiophene rings is 1. The van der Waals surface area contributed by atoms with E-state index in [9.17, 15) is 13.6 Å². The minimum atomic E-state index is -1.24. The molecular weight excluding hydrogens is 437 g/mol. The second-order valence-corrected chi connectivity index (χ2v) is 10.3. The van der Waals surface area contributed by atoms with E-state index in [4.69, 9.17) is 0 Å². The Labute approximate surface area is 186 Å². The molecule has 0 saturated heterocycles. The number of carbonyl (C=O) groups excluding carboxylic acids is 1. The van der Waals surface area contributed by atoms with Crippen LogP contribution in [0, 0.1) is 17.5 Å². The lowest BCUT2D eigenvalue weighted by Gasteiger charge is -2.19. The zero-order valence-electron chi connectivity index (χ0n) is 17.1. The molecule has 0 unspecified atom stereocenters. The molecule has 1 aromatic heterocycles. The molecule has 3 aromatic carbocycles. The summed E-state index contributed by atoms with van der Waals surface area (Å²) in [6.07, 6.45) is 0. The fourth-order valence-corrected chi connectivity index (χ4v) is 5.21. The summed E-state index contributed by atoms with van der Waals surface area (Å²) in [5.41, 5.74) is 1.44. The van der Waals surface area contributed by atoms with E-state index in [0.29, 0.717) is 10.5 Å². The minimum Gasteiger partial charge on any atom is -0.288 e. The van der Waals surface area contributed by atoms with Crippen LogP contribution in [-0.2, 0) is 5.41 Å². The summed E-state index contributed by atoms with van der Waals surface area (Å²) in [5, 5.41) is -0.216. The third-order valence-electron chi connectivity index (χ3n) is 4.96. The van der Waals surface area contributed by atoms with E-state index in [2.05, 4.69) is 20.8 Å². The molecule has 0 atom stereocenters. The van der Waals surface area contributed by atoms with Crippen molar-refractivity contribution < 1.29 is 18.0 Å². The van der Waals surface area contributed by atoms with Gasteiger partial charge in [0.25, 0.3) is 0 Å². The molecule has 0 aliphatic rings. The molecular formula is C25H19F3OS2. The first-order valence-corrected chi connectivity index (χ1v) is 11.3. The summed E-state index contributed by atoms with van der Waals surface area (Å²) in [4.78, 5) is 13.0. The molecule has 0 bridgehead atoms. The Kier molecular flexibility index (Phi) is 5.71. The van der Waals surface area contributed by atoms with Crippen LogP contribution in [0.1, 0.15) is 41.6 Å². The third-order valence-corrected chi connectivity index (χ3v) is 7.16. The SMILES string of the molecule is CC(C)(C)c1ccc(Sc2c(F)c(F)c3cc(C(=O)c4ccccc4)sc3c2F)cc1. The van der Waals surface area contributed by atoms with Crippen molar-refractivity contribution in [2.75, 3.05) is 0 Å². The van der Waals surface area contributed by atoms with E-state index in [-0.39, 0.29) is 26.2 Å². The van der Waals surface area contributed by atoms with E-state index < -0.39 is 22.3 Å². The number of rotatable bonds is 4. The topological polar surface area (TPSA) is 17.1 Å². The van der Waals surface area contributed by atoms with Gasteiger partial charge in [-0.1, -0.05) is 75.0 Å². The van der Waals surface area contributed by atoms with E-state index in [1.807, 2.05) is 12.1 Å². The highest BCUT2D eigenvalue weighted by molar-refractivity contribution is 7.99. The first-order chi connectivity index (χ1) is 14.7. The second kappa shape index (κ2) is 8.17. The Balaban J connectivity index is 1.74. The zero-order valence-corrected chi connectivity index (χ0v) is 18.8. The van der Waals surface area contributed by atoms with Crippen LogP contribution >= 0.6 is 23.1 Å². The maximum absolute atomic E-state index is 15.2. The van der Waals surface area contributed by atoms with Gasteiger partial charge in [-0.15, -0.1) is 11.3 Å². The van der Waals surface area contributed by atoms with Gasteiger partial charge in [0.15, 0.2) is 17.5 Å². The van der Waals surface area contributed by atoms with Crippen LogP contribution in [0.3, 0.4) is 0 Å². The van der Waals surface area contributed by atoms with Crippen LogP contribution in [0.2, 0.25) is 0 Å². The monoisotopic (exact) mass is 456 g/mol. The van der Waals surface area contributed by atoms with Gasteiger partial charge in [-0.3, -0.25) is 4.79 Å². The molecule has 4 aromatic rings. The lowest BCUT2D eigenvalue weighted by atomic mass is 9.87. The van der Waals surface area contributed by atoms with Gasteiger partial charge < -0.3 is 0 Å². The highest BCUT2D eigenvalue weighted by Gasteiger charge is 2.25. The lowest BCUT2D eigenvalue weighted by molar-refractivity contribution is 0.104. The quantitative estimate of drug-likeness (QED) is 0.229. The normalized spacial score (nSPS) is 11.8. The average molecular weight is 457 g/mol. The summed E-state index contributed by atoms with van der Waals surface area (Å²) in [6.45, 7) is 6.22. The van der Waals surface area contributed by atoms with E-state index in [1.54, 1.807) is 42.5 Å². The van der Waals surface area contributed by atoms with Crippen LogP contribution in [-0.4, -0.2) is 5.78 Å². The van der Waals surface area contributed by atoms with Crippen LogP contribution in [0.25, 0.3) is 10.1 Å². The van der Waals surface area contributed by atoms with E-state index in [1.165, 1.54) is 6.07 Å². The van der Waals surface area contributed by atoms with Crippen molar-refractivity contribution in [3.05, 3.63) is 94.1 Å². The standard InChI is InChI=1S/C25H19F3OS2/c1-25(2,3)15-9-11-16(12-10-15)30-24-20(27)19(26)17-13-18(31-23(17)21(24)28)22(29)14-7-5-4-6-8-14/h4-13H,1-3H3. The van der Waals surface area contributed by atoms with Crippen molar-refractivity contribution in [3.63, 3.8) is 0 Å². The molecule has 158 valence electrons. The molecule has 4 rings (SSSR count). The van der Waals surface area contributed by atoms with Crippen LogP contribution < -0.4 is 0 Å². The van der Waals surface area contributed by atoms with E-state index in [0.717, 1.165) is 28.7 Å². The highest BCUT2D eigenvalue weighted by Crippen LogP contribution is 2.41. The van der Waals surface area contributed by atoms with Gasteiger partial charge in [-0.2, -0.15) is 0 Å². The molecule has 31 heavy (non-hydrogen) atoms. The van der Waals surface area contributed by atoms with Gasteiger partial charge in [-0.25, -0.2) is 13.2 Å². The van der Waals surface area contributed by atoms with Crippen molar-refractivity contribution in [1.29, 1.82) is 0 Å². The van der Waals surface area contributed by atoms with Crippen molar-refractivity contribution in [1.82, 2.24) is 0 Å². The molecule has 0 fully saturated rings. The lowest BCUT2D eigenvalue weighted by Crippen LogP contribution is -2.10. The smallest absolute Gasteiger partial charge is 0.202 e. The van der Waals surface area contributed by atoms with Gasteiger partial charge >= 0.3 is 0 Å². The van der Waals surface area contributed by atoms with Crippen molar-refractivity contribution >= 4 is 39.0 Å². The number of fused-ring (bicyclic) bond motifs is 1. The zero-order chi connectivity index (χ0) is 22.3. The Morgan fingerprint density at radius 1 is 0.871 bits per heavy atom. The summed E-state index contributed by atoms with van der Waals surface area (Å²) >= 11 is 1.67. The van der Waals surface area contributed by atoms with Gasteiger partial charge in [0, 0.05) is 15.8 Å². The number of carbonyl (C=O) groups is 1. The molecule has 1 heterocycles. The fourth-order valence-electron chi connectivity index (χ4n) is 3.21. The van der Waals surface area contributed by atoms with Gasteiger partial charge in [0.1, 0.15) is 0 Å². The van der Waals surface area contributed by atoms with Gasteiger partial charge in [0.05, 0.1) is 14.5 Å². The molecule has 1 nitrogen and oxygen atoms in total. The minimum absolute atomic E-state index is 0.0522. The molecule has 0 aliphatic carbocycles. The Morgan fingerprint density at radius 2 is 1.52 bits per heavy atom. The summed E-state index contributed by atoms with van der Waals surface area (Å²) in [7, 11) is 0. The second-order valence-electron chi connectivity index (χ2n) is 8.20. The number of hydrogen-bond donors (Lipinski definition) is 0. The number of ketones is 1. The summed E-state index contributed by atoms with van der Waals surface area (Å²) in [5.74, 6) is -3.59. The first-order valence-electron chi connectivity index (χ1n) is 9.65. The maximum Gasteiger partial charge on any atom is 0.202 e. The van der Waals surface area contributed by atoms with Crippen molar-refractivity contribution in [2.24, 2.45) is 0 Å². The van der Waals surface area contributed by atoms with E-state index >= 15 is 4.39 Å². The molecule has 0 N–H and O–H groups in total. The average Bonchev–Trinajstić information content (AvgIpc) is 3.21. The highest BCUT2D eigenvalue weighted by atomic mass is 32.2. The van der Waals surface area contributed by atoms with Crippen LogP contribution in [0.4, 0.5) is 13.2 Å². The molecule has 0 spiro atoms. The molecule has 0 aliphatic heterocycles. The largest absolute Gasteiger partial charge is 0.288 e. The van der Waals surface area contributed by atoms with Crippen molar-refractivity contribution in [2.45, 2.75) is 36.0 Å². The number of hydrogen-bond acceptors (Lipinski definition) is 3. The number of halogens is 3. The molecule has 0 radical (unpaired) electrons. The maximum atomic E-state index is 15.2.